The van der Waals surface area contributed by atoms with Crippen molar-refractivity contribution in [2.45, 2.75) is 11.8 Å². The lowest BCUT2D eigenvalue weighted by atomic mass is 10.2. The van der Waals surface area contributed by atoms with Crippen molar-refractivity contribution in [1.82, 2.24) is 4.31 Å². The van der Waals surface area contributed by atoms with Crippen molar-refractivity contribution in [2.75, 3.05) is 18.8 Å². The summed E-state index contributed by atoms with van der Waals surface area (Å²) in [5.74, 6) is 0. The highest BCUT2D eigenvalue weighted by molar-refractivity contribution is 7.89. The number of sulfonamides is 1. The molecule has 94 valence electrons. The summed E-state index contributed by atoms with van der Waals surface area (Å²) in [5.41, 5.74) is 6.39. The number of rotatable bonds is 4. The Labute approximate surface area is 106 Å². The first-order chi connectivity index (χ1) is 8.43. The van der Waals surface area contributed by atoms with Crippen LogP contribution in [0.15, 0.2) is 23.1 Å². The van der Waals surface area contributed by atoms with Gasteiger partial charge in [0.05, 0.1) is 17.0 Å². The minimum atomic E-state index is -3.87. The van der Waals surface area contributed by atoms with Crippen LogP contribution in [0, 0.1) is 29.6 Å². The van der Waals surface area contributed by atoms with E-state index in [9.17, 15) is 8.42 Å². The van der Waals surface area contributed by atoms with Gasteiger partial charge in [0, 0.05) is 5.69 Å². The summed E-state index contributed by atoms with van der Waals surface area (Å²) in [5, 5.41) is 17.2. The molecule has 0 aliphatic rings. The van der Waals surface area contributed by atoms with Crippen LogP contribution >= 0.6 is 0 Å². The molecule has 1 aromatic rings. The van der Waals surface area contributed by atoms with Gasteiger partial charge in [-0.1, -0.05) is 6.07 Å². The Bertz CT molecular complexity index is 609. The molecule has 0 amide bonds. The lowest BCUT2D eigenvalue weighted by molar-refractivity contribution is 0.479. The van der Waals surface area contributed by atoms with Crippen LogP contribution in [-0.2, 0) is 10.0 Å². The molecule has 7 heteroatoms. The summed E-state index contributed by atoms with van der Waals surface area (Å²) < 4.78 is 25.3. The molecular weight excluding hydrogens is 252 g/mol. The zero-order chi connectivity index (χ0) is 13.8. The van der Waals surface area contributed by atoms with Crippen LogP contribution in [0.2, 0.25) is 0 Å². The van der Waals surface area contributed by atoms with Gasteiger partial charge in [-0.3, -0.25) is 0 Å². The summed E-state index contributed by atoms with van der Waals surface area (Å²) in [4.78, 5) is 0.0213. The van der Waals surface area contributed by atoms with Crippen LogP contribution in [0.3, 0.4) is 0 Å². The van der Waals surface area contributed by atoms with Gasteiger partial charge in [0.25, 0.3) is 0 Å². The van der Waals surface area contributed by atoms with Crippen LogP contribution in [0.4, 0.5) is 5.69 Å². The molecule has 18 heavy (non-hydrogen) atoms. The van der Waals surface area contributed by atoms with Crippen LogP contribution in [-0.4, -0.2) is 25.8 Å². The van der Waals surface area contributed by atoms with Gasteiger partial charge >= 0.3 is 0 Å². The predicted octanol–water partition coefficient (Wildman–Crippen LogP) is 0.615. The largest absolute Gasteiger partial charge is 0.399 e. The predicted molar refractivity (Wildman–Crippen MR) is 65.6 cm³/mol. The van der Waals surface area contributed by atoms with Gasteiger partial charge < -0.3 is 5.73 Å². The smallest absolute Gasteiger partial charge is 0.245 e. The van der Waals surface area contributed by atoms with E-state index in [1.165, 1.54) is 6.07 Å². The second-order valence-corrected chi connectivity index (χ2v) is 5.52. The lowest BCUT2D eigenvalue weighted by Crippen LogP contribution is -2.32. The Balaban J connectivity index is 3.32. The van der Waals surface area contributed by atoms with Gasteiger partial charge in [-0.15, -0.1) is 0 Å². The number of nitriles is 2. The number of aryl methyl sites for hydroxylation is 1. The van der Waals surface area contributed by atoms with Crippen molar-refractivity contribution in [1.29, 1.82) is 10.5 Å². The van der Waals surface area contributed by atoms with Crippen LogP contribution in [0.5, 0.6) is 0 Å². The average Bonchev–Trinajstić information content (AvgIpc) is 2.32. The summed E-state index contributed by atoms with van der Waals surface area (Å²) in [6, 6.07) is 7.95. The summed E-state index contributed by atoms with van der Waals surface area (Å²) in [6.07, 6.45) is 0. The van der Waals surface area contributed by atoms with E-state index in [1.807, 2.05) is 0 Å². The quantitative estimate of drug-likeness (QED) is 0.632. The van der Waals surface area contributed by atoms with Crippen molar-refractivity contribution in [3.63, 3.8) is 0 Å². The SMILES string of the molecule is Cc1ccc(N)cc1S(=O)(=O)N(CC#N)CC#N. The first kappa shape index (κ1) is 14.0. The average molecular weight is 264 g/mol. The molecule has 0 saturated carbocycles. The van der Waals surface area contributed by atoms with Crippen LogP contribution in [0.25, 0.3) is 0 Å². The Morgan fingerprint density at radius 3 is 2.33 bits per heavy atom. The van der Waals surface area contributed by atoms with E-state index in [0.717, 1.165) is 4.31 Å². The van der Waals surface area contributed by atoms with Gasteiger partial charge in [-0.2, -0.15) is 14.8 Å². The number of nitrogens with two attached hydrogens (primary N) is 1. The summed E-state index contributed by atoms with van der Waals surface area (Å²) in [7, 11) is -3.87. The Hall–Kier alpha value is -2.09. The lowest BCUT2D eigenvalue weighted by Gasteiger charge is -2.17. The van der Waals surface area contributed by atoms with Crippen molar-refractivity contribution in [3.05, 3.63) is 23.8 Å². The molecule has 0 heterocycles. The molecular formula is C11H12N4O2S. The van der Waals surface area contributed by atoms with Crippen molar-refractivity contribution in [2.24, 2.45) is 0 Å². The third kappa shape index (κ3) is 2.77. The van der Waals surface area contributed by atoms with Crippen LogP contribution < -0.4 is 5.73 Å². The zero-order valence-electron chi connectivity index (χ0n) is 9.79. The van der Waals surface area contributed by atoms with E-state index < -0.39 is 10.0 Å². The molecule has 0 radical (unpaired) electrons. The molecule has 0 aromatic heterocycles. The highest BCUT2D eigenvalue weighted by atomic mass is 32.2. The number of nitrogen functional groups attached to an aromatic ring is 1. The molecule has 0 atom stereocenters. The van der Waals surface area contributed by atoms with Crippen molar-refractivity contribution >= 4 is 15.7 Å². The summed E-state index contributed by atoms with van der Waals surface area (Å²) in [6.45, 7) is 0.886. The number of hydrogen-bond donors (Lipinski definition) is 1. The topological polar surface area (TPSA) is 111 Å². The van der Waals surface area contributed by atoms with E-state index >= 15 is 0 Å². The molecule has 6 nitrogen and oxygen atoms in total. The van der Waals surface area contributed by atoms with Crippen molar-refractivity contribution in [3.8, 4) is 12.1 Å². The Kier molecular flexibility index (Phi) is 4.27. The van der Waals surface area contributed by atoms with Crippen LogP contribution in [0.1, 0.15) is 5.56 Å². The molecule has 1 rings (SSSR count). The molecule has 0 aliphatic carbocycles. The van der Waals surface area contributed by atoms with Gasteiger partial charge in [0.15, 0.2) is 0 Å². The Morgan fingerprint density at radius 2 is 1.83 bits per heavy atom. The first-order valence-electron chi connectivity index (χ1n) is 5.03. The highest BCUT2D eigenvalue weighted by Gasteiger charge is 2.25. The van der Waals surface area contributed by atoms with Gasteiger partial charge in [0.2, 0.25) is 10.0 Å². The third-order valence-electron chi connectivity index (χ3n) is 2.32. The van der Waals surface area contributed by atoms with E-state index in [4.69, 9.17) is 16.3 Å². The van der Waals surface area contributed by atoms with E-state index in [-0.39, 0.29) is 18.0 Å². The molecule has 2 N–H and O–H groups in total. The molecule has 0 saturated heterocycles. The minimum absolute atomic E-state index is 0.0213. The fourth-order valence-corrected chi connectivity index (χ4v) is 2.91. The van der Waals surface area contributed by atoms with E-state index in [1.54, 1.807) is 31.2 Å². The van der Waals surface area contributed by atoms with E-state index in [2.05, 4.69) is 0 Å². The van der Waals surface area contributed by atoms with Gasteiger partial charge in [-0.25, -0.2) is 8.42 Å². The minimum Gasteiger partial charge on any atom is -0.399 e. The summed E-state index contributed by atoms with van der Waals surface area (Å²) >= 11 is 0. The second kappa shape index (κ2) is 5.50. The van der Waals surface area contributed by atoms with Crippen molar-refractivity contribution < 1.29 is 8.42 Å². The monoisotopic (exact) mass is 264 g/mol. The standard InChI is InChI=1S/C11H12N4O2S/c1-9-2-3-10(14)8-11(9)18(16,17)15(6-4-12)7-5-13/h2-3,8H,6-7,14H2,1H3. The molecule has 0 aliphatic heterocycles. The number of hydrogen-bond acceptors (Lipinski definition) is 5. The normalized spacial score (nSPS) is 10.9. The first-order valence-corrected chi connectivity index (χ1v) is 6.47. The fraction of sp³-hybridized carbons (Fsp3) is 0.273. The maximum Gasteiger partial charge on any atom is 0.245 e. The Morgan fingerprint density at radius 1 is 1.28 bits per heavy atom. The maximum atomic E-state index is 12.3. The third-order valence-corrected chi connectivity index (χ3v) is 4.26. The molecule has 0 spiro atoms. The van der Waals surface area contributed by atoms with Gasteiger partial charge in [0.1, 0.15) is 13.1 Å². The fourth-order valence-electron chi connectivity index (χ4n) is 1.42. The van der Waals surface area contributed by atoms with Gasteiger partial charge in [-0.05, 0) is 24.6 Å². The molecule has 0 fully saturated rings. The highest BCUT2D eigenvalue weighted by Crippen LogP contribution is 2.21. The molecule has 0 unspecified atom stereocenters. The number of nitrogens with zero attached hydrogens (tertiary/aromatic N) is 3. The maximum absolute atomic E-state index is 12.3. The zero-order valence-corrected chi connectivity index (χ0v) is 10.6. The number of benzene rings is 1. The molecule has 1 aromatic carbocycles. The number of anilines is 1. The second-order valence-electron chi connectivity index (χ2n) is 3.61. The molecule has 0 bridgehead atoms. The van der Waals surface area contributed by atoms with E-state index in [0.29, 0.717) is 11.3 Å².